The van der Waals surface area contributed by atoms with Crippen molar-refractivity contribution in [3.05, 3.63) is 52.7 Å². The first kappa shape index (κ1) is 10.9. The summed E-state index contributed by atoms with van der Waals surface area (Å²) in [6.45, 7) is 0. The molecule has 18 heavy (non-hydrogen) atoms. The zero-order valence-corrected chi connectivity index (χ0v) is 9.86. The van der Waals surface area contributed by atoms with E-state index in [2.05, 4.69) is 15.5 Å². The molecule has 0 aromatic carbocycles. The van der Waals surface area contributed by atoms with Gasteiger partial charge in [-0.15, -0.1) is 0 Å². The van der Waals surface area contributed by atoms with Crippen molar-refractivity contribution in [1.82, 2.24) is 10.4 Å². The number of rotatable bonds is 2. The lowest BCUT2D eigenvalue weighted by Crippen LogP contribution is -2.13. The number of hydrogen-bond acceptors (Lipinski definition) is 3. The molecule has 0 radical (unpaired) electrons. The summed E-state index contributed by atoms with van der Waals surface area (Å²) in [6.07, 6.45) is 3.21. The van der Waals surface area contributed by atoms with Gasteiger partial charge in [-0.3, -0.25) is 4.79 Å². The minimum Gasteiger partial charge on any atom is -0.463 e. The molecule has 0 saturated heterocycles. The molecule has 0 unspecified atom stereocenters. The van der Waals surface area contributed by atoms with E-state index in [1.165, 1.54) is 6.26 Å². The van der Waals surface area contributed by atoms with Gasteiger partial charge >= 0.3 is 0 Å². The summed E-state index contributed by atoms with van der Waals surface area (Å²) >= 11 is 5.78. The highest BCUT2D eigenvalue weighted by Gasteiger charge is 2.25. The standard InChI is InChI=1S/C12H8ClN3O2/c13-10-4-3-7(14-10)6-8-11(15-16-12(8)17)9-2-1-5-18-9/h1-6,14H,(H,16,17)/b8-6+. The van der Waals surface area contributed by atoms with Gasteiger partial charge in [0.2, 0.25) is 0 Å². The zero-order chi connectivity index (χ0) is 12.5. The molecule has 0 saturated carbocycles. The molecular weight excluding hydrogens is 254 g/mol. The maximum atomic E-state index is 11.7. The number of H-pyrrole nitrogens is 1. The van der Waals surface area contributed by atoms with E-state index in [-0.39, 0.29) is 5.91 Å². The minimum atomic E-state index is -0.271. The fourth-order valence-corrected chi connectivity index (χ4v) is 1.87. The topological polar surface area (TPSA) is 70.4 Å². The number of hydrazone groups is 1. The lowest BCUT2D eigenvalue weighted by Gasteiger charge is -1.96. The second kappa shape index (κ2) is 4.19. The van der Waals surface area contributed by atoms with Crippen molar-refractivity contribution in [3.63, 3.8) is 0 Å². The molecule has 90 valence electrons. The van der Waals surface area contributed by atoms with Gasteiger partial charge in [0.15, 0.2) is 5.76 Å². The van der Waals surface area contributed by atoms with Crippen molar-refractivity contribution < 1.29 is 9.21 Å². The molecule has 0 fully saturated rings. The highest BCUT2D eigenvalue weighted by Crippen LogP contribution is 2.18. The Labute approximate surface area is 107 Å². The first-order valence-corrected chi connectivity index (χ1v) is 5.60. The molecule has 2 aromatic rings. The molecule has 0 aliphatic carbocycles. The Balaban J connectivity index is 2.01. The van der Waals surface area contributed by atoms with Crippen molar-refractivity contribution in [3.8, 4) is 0 Å². The van der Waals surface area contributed by atoms with Gasteiger partial charge in [-0.1, -0.05) is 11.6 Å². The molecule has 0 atom stereocenters. The second-order valence-corrected chi connectivity index (χ2v) is 4.11. The molecule has 3 heterocycles. The zero-order valence-electron chi connectivity index (χ0n) is 9.11. The van der Waals surface area contributed by atoms with Gasteiger partial charge in [0.05, 0.1) is 11.8 Å². The van der Waals surface area contributed by atoms with Crippen molar-refractivity contribution in [1.29, 1.82) is 0 Å². The van der Waals surface area contributed by atoms with Crippen molar-refractivity contribution in [2.45, 2.75) is 0 Å². The molecule has 3 rings (SSSR count). The summed E-state index contributed by atoms with van der Waals surface area (Å²) in [4.78, 5) is 14.6. The molecule has 2 N–H and O–H groups in total. The largest absolute Gasteiger partial charge is 0.463 e. The van der Waals surface area contributed by atoms with Gasteiger partial charge in [-0.25, -0.2) is 5.43 Å². The Morgan fingerprint density at radius 3 is 2.89 bits per heavy atom. The van der Waals surface area contributed by atoms with Crippen LogP contribution in [0.1, 0.15) is 11.5 Å². The number of nitrogens with one attached hydrogen (secondary N) is 2. The van der Waals surface area contributed by atoms with Crippen molar-refractivity contribution >= 4 is 29.3 Å². The highest BCUT2D eigenvalue weighted by atomic mass is 35.5. The van der Waals surface area contributed by atoms with Crippen LogP contribution in [-0.4, -0.2) is 16.6 Å². The number of carbonyl (C=O) groups is 1. The Morgan fingerprint density at radius 1 is 1.33 bits per heavy atom. The van der Waals surface area contributed by atoms with Crippen LogP contribution in [0.15, 0.2) is 45.6 Å². The van der Waals surface area contributed by atoms with Gasteiger partial charge in [0.1, 0.15) is 10.9 Å². The average Bonchev–Trinajstić information content (AvgIpc) is 3.03. The van der Waals surface area contributed by atoms with Gasteiger partial charge in [-0.05, 0) is 30.3 Å². The molecule has 5 nitrogen and oxygen atoms in total. The van der Waals surface area contributed by atoms with Crippen LogP contribution < -0.4 is 5.43 Å². The van der Waals surface area contributed by atoms with Crippen LogP contribution >= 0.6 is 11.6 Å². The Kier molecular flexibility index (Phi) is 2.53. The lowest BCUT2D eigenvalue weighted by atomic mass is 10.1. The Bertz CT molecular complexity index is 653. The maximum absolute atomic E-state index is 11.7. The van der Waals surface area contributed by atoms with Crippen LogP contribution in [0.4, 0.5) is 0 Å². The number of nitrogens with zero attached hydrogens (tertiary/aromatic N) is 1. The summed E-state index contributed by atoms with van der Waals surface area (Å²) in [6, 6.07) is 6.98. The van der Waals surface area contributed by atoms with Crippen LogP contribution in [0.25, 0.3) is 6.08 Å². The molecule has 0 bridgehead atoms. The predicted octanol–water partition coefficient (Wildman–Crippen LogP) is 2.18. The number of halogens is 1. The molecule has 6 heteroatoms. The second-order valence-electron chi connectivity index (χ2n) is 3.70. The van der Waals surface area contributed by atoms with E-state index in [1.807, 2.05) is 0 Å². The molecule has 2 aromatic heterocycles. The SMILES string of the molecule is O=C1NN=C(c2ccco2)/C1=C\c1ccc(Cl)[nH]1. The first-order chi connectivity index (χ1) is 8.74. The van der Waals surface area contributed by atoms with E-state index >= 15 is 0 Å². The number of amides is 1. The van der Waals surface area contributed by atoms with Crippen LogP contribution in [0.5, 0.6) is 0 Å². The van der Waals surface area contributed by atoms with Crippen LogP contribution in [0.2, 0.25) is 5.15 Å². The average molecular weight is 262 g/mol. The number of hydrogen-bond donors (Lipinski definition) is 2. The quantitative estimate of drug-likeness (QED) is 0.814. The molecule has 0 spiro atoms. The van der Waals surface area contributed by atoms with E-state index in [9.17, 15) is 4.79 Å². The summed E-state index contributed by atoms with van der Waals surface area (Å²) in [5, 5.41) is 4.46. The van der Waals surface area contributed by atoms with Crippen LogP contribution in [-0.2, 0) is 4.79 Å². The number of carbonyl (C=O) groups excluding carboxylic acids is 1. The van der Waals surface area contributed by atoms with Gasteiger partial charge in [0, 0.05) is 5.69 Å². The van der Waals surface area contributed by atoms with E-state index in [4.69, 9.17) is 16.0 Å². The third-order valence-corrected chi connectivity index (χ3v) is 2.72. The fourth-order valence-electron chi connectivity index (χ4n) is 1.69. The van der Waals surface area contributed by atoms with E-state index in [0.29, 0.717) is 22.2 Å². The number of aromatic nitrogens is 1. The highest BCUT2D eigenvalue weighted by molar-refractivity contribution is 6.32. The molecular formula is C12H8ClN3O2. The third-order valence-electron chi connectivity index (χ3n) is 2.50. The molecule has 1 amide bonds. The first-order valence-electron chi connectivity index (χ1n) is 5.22. The maximum Gasteiger partial charge on any atom is 0.273 e. The van der Waals surface area contributed by atoms with Gasteiger partial charge in [-0.2, -0.15) is 5.10 Å². The molecule has 1 aliphatic rings. The van der Waals surface area contributed by atoms with Gasteiger partial charge < -0.3 is 9.40 Å². The summed E-state index contributed by atoms with van der Waals surface area (Å²) in [5.74, 6) is 0.268. The Hall–Kier alpha value is -2.27. The minimum absolute atomic E-state index is 0.271. The third kappa shape index (κ3) is 1.84. The number of aromatic amines is 1. The lowest BCUT2D eigenvalue weighted by molar-refractivity contribution is -0.116. The van der Waals surface area contributed by atoms with Crippen molar-refractivity contribution in [2.75, 3.05) is 0 Å². The van der Waals surface area contributed by atoms with Crippen LogP contribution in [0.3, 0.4) is 0 Å². The van der Waals surface area contributed by atoms with E-state index < -0.39 is 0 Å². The normalized spacial score (nSPS) is 17.1. The van der Waals surface area contributed by atoms with Crippen LogP contribution in [0, 0.1) is 0 Å². The predicted molar refractivity (Wildman–Crippen MR) is 67.2 cm³/mol. The Morgan fingerprint density at radius 2 is 2.22 bits per heavy atom. The number of furan rings is 1. The fraction of sp³-hybridized carbons (Fsp3) is 0. The van der Waals surface area contributed by atoms with E-state index in [0.717, 1.165) is 5.69 Å². The smallest absolute Gasteiger partial charge is 0.273 e. The summed E-state index contributed by atoms with van der Waals surface area (Å²) in [5.41, 5.74) is 4.05. The summed E-state index contributed by atoms with van der Waals surface area (Å²) in [7, 11) is 0. The summed E-state index contributed by atoms with van der Waals surface area (Å²) < 4.78 is 5.24. The van der Waals surface area contributed by atoms with Crippen molar-refractivity contribution in [2.24, 2.45) is 5.10 Å². The monoisotopic (exact) mass is 261 g/mol. The molecule has 1 aliphatic heterocycles. The van der Waals surface area contributed by atoms with E-state index in [1.54, 1.807) is 30.3 Å². The van der Waals surface area contributed by atoms with Gasteiger partial charge in [0.25, 0.3) is 5.91 Å².